The Balaban J connectivity index is 1.87. The molecule has 132 valence electrons. The van der Waals surface area contributed by atoms with Crippen LogP contribution in [0.1, 0.15) is 18.4 Å². The van der Waals surface area contributed by atoms with Crippen LogP contribution in [0.25, 0.3) is 0 Å². The average Bonchev–Trinajstić information content (AvgIpc) is 3.12. The van der Waals surface area contributed by atoms with Crippen molar-refractivity contribution in [1.29, 1.82) is 0 Å². The number of benzene rings is 2. The van der Waals surface area contributed by atoms with Crippen LogP contribution < -0.4 is 4.90 Å². The number of aryl methyl sites for hydroxylation is 1. The van der Waals surface area contributed by atoms with Crippen LogP contribution in [0.5, 0.6) is 0 Å². The van der Waals surface area contributed by atoms with Gasteiger partial charge in [0.1, 0.15) is 6.04 Å². The molecule has 0 bridgehead atoms. The van der Waals surface area contributed by atoms with Gasteiger partial charge in [-0.15, -0.1) is 0 Å². The Morgan fingerprint density at radius 3 is 2.36 bits per heavy atom. The molecule has 5 nitrogen and oxygen atoms in total. The summed E-state index contributed by atoms with van der Waals surface area (Å²) >= 11 is 0. The van der Waals surface area contributed by atoms with Crippen molar-refractivity contribution < 1.29 is 13.2 Å². The Hall–Kier alpha value is -2.18. The van der Waals surface area contributed by atoms with E-state index < -0.39 is 16.1 Å². The molecular formula is C19H22N2O3S. The minimum atomic E-state index is -3.68. The van der Waals surface area contributed by atoms with E-state index in [2.05, 4.69) is 0 Å². The van der Waals surface area contributed by atoms with Crippen molar-refractivity contribution in [1.82, 2.24) is 4.31 Å². The van der Waals surface area contributed by atoms with Crippen LogP contribution in [0.4, 0.5) is 5.69 Å². The summed E-state index contributed by atoms with van der Waals surface area (Å²) in [6.45, 7) is 2.28. The lowest BCUT2D eigenvalue weighted by atomic mass is 10.2. The van der Waals surface area contributed by atoms with E-state index in [9.17, 15) is 13.2 Å². The molecule has 1 saturated heterocycles. The highest BCUT2D eigenvalue weighted by Gasteiger charge is 2.40. The maximum Gasteiger partial charge on any atom is 0.245 e. The zero-order valence-corrected chi connectivity index (χ0v) is 15.2. The quantitative estimate of drug-likeness (QED) is 0.844. The molecule has 1 amide bonds. The van der Waals surface area contributed by atoms with E-state index in [0.717, 1.165) is 11.3 Å². The predicted molar refractivity (Wildman–Crippen MR) is 97.9 cm³/mol. The van der Waals surface area contributed by atoms with Crippen molar-refractivity contribution >= 4 is 21.6 Å². The lowest BCUT2D eigenvalue weighted by molar-refractivity contribution is -0.121. The number of rotatable bonds is 4. The number of sulfonamides is 1. The maximum atomic E-state index is 13.0. The lowest BCUT2D eigenvalue weighted by Crippen LogP contribution is -2.46. The predicted octanol–water partition coefficient (Wildman–Crippen LogP) is 2.81. The molecule has 25 heavy (non-hydrogen) atoms. The van der Waals surface area contributed by atoms with Crippen LogP contribution in [-0.4, -0.2) is 38.3 Å². The molecule has 1 aliphatic heterocycles. The Morgan fingerprint density at radius 1 is 1.08 bits per heavy atom. The Kier molecular flexibility index (Phi) is 4.92. The van der Waals surface area contributed by atoms with Crippen LogP contribution in [0.2, 0.25) is 0 Å². The molecule has 0 saturated carbocycles. The fraction of sp³-hybridized carbons (Fsp3) is 0.316. The summed E-state index contributed by atoms with van der Waals surface area (Å²) in [7, 11) is -1.99. The van der Waals surface area contributed by atoms with Crippen molar-refractivity contribution in [3.63, 3.8) is 0 Å². The number of hydrogen-bond donors (Lipinski definition) is 0. The molecule has 0 aromatic heterocycles. The van der Waals surface area contributed by atoms with E-state index in [1.807, 2.05) is 37.3 Å². The average molecular weight is 358 g/mol. The molecule has 0 N–H and O–H groups in total. The summed E-state index contributed by atoms with van der Waals surface area (Å²) in [5, 5.41) is 0. The van der Waals surface area contributed by atoms with Gasteiger partial charge in [0.2, 0.25) is 15.9 Å². The monoisotopic (exact) mass is 358 g/mol. The van der Waals surface area contributed by atoms with Gasteiger partial charge in [0, 0.05) is 19.3 Å². The van der Waals surface area contributed by atoms with E-state index >= 15 is 0 Å². The standard InChI is InChI=1S/C19H22N2O3S/c1-15-10-12-17(13-11-15)25(23,24)21-14-6-9-18(21)19(22)20(2)16-7-4-3-5-8-16/h3-5,7-8,10-13,18H,6,9,14H2,1-2H3. The van der Waals surface area contributed by atoms with Crippen molar-refractivity contribution in [2.75, 3.05) is 18.5 Å². The zero-order valence-electron chi connectivity index (χ0n) is 14.4. The first-order chi connectivity index (χ1) is 11.9. The highest BCUT2D eigenvalue weighted by atomic mass is 32.2. The fourth-order valence-corrected chi connectivity index (χ4v) is 4.77. The van der Waals surface area contributed by atoms with Gasteiger partial charge in [-0.1, -0.05) is 35.9 Å². The second-order valence-electron chi connectivity index (χ2n) is 6.32. The molecule has 0 spiro atoms. The smallest absolute Gasteiger partial charge is 0.245 e. The van der Waals surface area contributed by atoms with E-state index in [1.54, 1.807) is 31.3 Å². The molecule has 1 unspecified atom stereocenters. The van der Waals surface area contributed by atoms with Gasteiger partial charge in [-0.2, -0.15) is 4.31 Å². The minimum absolute atomic E-state index is 0.195. The summed E-state index contributed by atoms with van der Waals surface area (Å²) in [4.78, 5) is 14.7. The highest BCUT2D eigenvalue weighted by molar-refractivity contribution is 7.89. The Morgan fingerprint density at radius 2 is 1.72 bits per heavy atom. The van der Waals surface area contributed by atoms with Gasteiger partial charge in [0.25, 0.3) is 0 Å². The Bertz CT molecular complexity index is 848. The number of para-hydroxylation sites is 1. The number of likely N-dealkylation sites (N-methyl/N-ethyl adjacent to an activating group) is 1. The van der Waals surface area contributed by atoms with Gasteiger partial charge in [-0.05, 0) is 44.0 Å². The van der Waals surface area contributed by atoms with E-state index in [4.69, 9.17) is 0 Å². The normalized spacial score (nSPS) is 18.2. The molecule has 6 heteroatoms. The first kappa shape index (κ1) is 17.6. The number of carbonyl (C=O) groups excluding carboxylic acids is 1. The number of carbonyl (C=O) groups is 1. The van der Waals surface area contributed by atoms with Gasteiger partial charge in [0.15, 0.2) is 0 Å². The lowest BCUT2D eigenvalue weighted by Gasteiger charge is -2.27. The molecular weight excluding hydrogens is 336 g/mol. The topological polar surface area (TPSA) is 57.7 Å². The van der Waals surface area contributed by atoms with Crippen LogP contribution in [0.15, 0.2) is 59.5 Å². The van der Waals surface area contributed by atoms with Gasteiger partial charge in [0.05, 0.1) is 4.90 Å². The third kappa shape index (κ3) is 3.45. The van der Waals surface area contributed by atoms with Crippen molar-refractivity contribution in [2.45, 2.75) is 30.7 Å². The van der Waals surface area contributed by atoms with Gasteiger partial charge < -0.3 is 4.90 Å². The molecule has 2 aromatic rings. The SMILES string of the molecule is Cc1ccc(S(=O)(=O)N2CCCC2C(=O)N(C)c2ccccc2)cc1. The number of hydrogen-bond acceptors (Lipinski definition) is 3. The van der Waals surface area contributed by atoms with E-state index in [-0.39, 0.29) is 10.8 Å². The molecule has 1 aliphatic rings. The first-order valence-corrected chi connectivity index (χ1v) is 9.76. The van der Waals surface area contributed by atoms with E-state index in [1.165, 1.54) is 9.21 Å². The Labute approximate surface area is 148 Å². The fourth-order valence-electron chi connectivity index (χ4n) is 3.12. The third-order valence-electron chi connectivity index (χ3n) is 4.59. The van der Waals surface area contributed by atoms with Crippen LogP contribution >= 0.6 is 0 Å². The summed E-state index contributed by atoms with van der Waals surface area (Å²) in [5.41, 5.74) is 1.75. The van der Waals surface area contributed by atoms with Crippen molar-refractivity contribution in [3.05, 3.63) is 60.2 Å². The molecule has 3 rings (SSSR count). The second kappa shape index (κ2) is 6.98. The van der Waals surface area contributed by atoms with Gasteiger partial charge >= 0.3 is 0 Å². The molecule has 1 fully saturated rings. The van der Waals surface area contributed by atoms with Gasteiger partial charge in [-0.3, -0.25) is 4.79 Å². The number of nitrogens with zero attached hydrogens (tertiary/aromatic N) is 2. The largest absolute Gasteiger partial charge is 0.314 e. The molecule has 1 heterocycles. The second-order valence-corrected chi connectivity index (χ2v) is 8.21. The van der Waals surface area contributed by atoms with E-state index in [0.29, 0.717) is 19.4 Å². The number of anilines is 1. The minimum Gasteiger partial charge on any atom is -0.314 e. The van der Waals surface area contributed by atoms with Crippen molar-refractivity contribution in [3.8, 4) is 0 Å². The molecule has 1 atom stereocenters. The molecule has 2 aromatic carbocycles. The first-order valence-electron chi connectivity index (χ1n) is 8.32. The zero-order chi connectivity index (χ0) is 18.0. The van der Waals surface area contributed by atoms with Crippen LogP contribution in [0.3, 0.4) is 0 Å². The summed E-state index contributed by atoms with van der Waals surface area (Å²) < 4.78 is 27.3. The van der Waals surface area contributed by atoms with Crippen molar-refractivity contribution in [2.24, 2.45) is 0 Å². The van der Waals surface area contributed by atoms with Crippen LogP contribution in [0, 0.1) is 6.92 Å². The van der Waals surface area contributed by atoms with Gasteiger partial charge in [-0.25, -0.2) is 8.42 Å². The summed E-state index contributed by atoms with van der Waals surface area (Å²) in [6, 6.07) is 15.4. The molecule has 0 aliphatic carbocycles. The summed E-state index contributed by atoms with van der Waals surface area (Å²) in [6.07, 6.45) is 1.23. The third-order valence-corrected chi connectivity index (χ3v) is 6.51. The van der Waals surface area contributed by atoms with Crippen LogP contribution in [-0.2, 0) is 14.8 Å². The highest BCUT2D eigenvalue weighted by Crippen LogP contribution is 2.28. The maximum absolute atomic E-state index is 13.0. The number of amides is 1. The summed E-state index contributed by atoms with van der Waals surface area (Å²) in [5.74, 6) is -0.195. The molecule has 0 radical (unpaired) electrons.